The molecule has 1 aliphatic rings. The number of nitrogens with one attached hydrogen (secondary N) is 2. The Bertz CT molecular complexity index is 1130. The zero-order valence-corrected chi connectivity index (χ0v) is 21.7. The van der Waals surface area contributed by atoms with Gasteiger partial charge in [0.2, 0.25) is 0 Å². The lowest BCUT2D eigenvalue weighted by Gasteiger charge is -2.32. The van der Waals surface area contributed by atoms with Gasteiger partial charge < -0.3 is 15.4 Å². The van der Waals surface area contributed by atoms with E-state index in [2.05, 4.69) is 26.6 Å². The number of alkyl carbamates (subject to hydrolysis) is 1. The first kappa shape index (κ1) is 28.3. The third-order valence-corrected chi connectivity index (χ3v) is 6.74. The lowest BCUT2D eigenvalue weighted by Crippen LogP contribution is -2.44. The maximum Gasteiger partial charge on any atom is 0.416 e. The van der Waals surface area contributed by atoms with Gasteiger partial charge in [0.25, 0.3) is 0 Å². The number of amides is 1. The average molecular weight is 581 g/mol. The Morgan fingerprint density at radius 3 is 2.33 bits per heavy atom. The SMILES string of the molecule is Cc1cc(C(F)(F)F)cc(C2(C(F)(F)F)CNC(c3ccc(CNC(=O)OC(C)(C)C)c(Br)c3)C2)c1. The minimum Gasteiger partial charge on any atom is -0.444 e. The molecule has 2 N–H and O–H groups in total. The van der Waals surface area contributed by atoms with Gasteiger partial charge >= 0.3 is 18.4 Å². The number of hydrogen-bond donors (Lipinski definition) is 2. The number of ether oxygens (including phenoxy) is 1. The van der Waals surface area contributed by atoms with Gasteiger partial charge in [-0.05, 0) is 69.0 Å². The Kier molecular flexibility index (Phi) is 7.77. The van der Waals surface area contributed by atoms with Gasteiger partial charge in [-0.15, -0.1) is 0 Å². The molecule has 2 aromatic carbocycles. The quantitative estimate of drug-likeness (QED) is 0.372. The molecule has 2 unspecified atom stereocenters. The Morgan fingerprint density at radius 2 is 1.78 bits per heavy atom. The molecule has 0 bridgehead atoms. The highest BCUT2D eigenvalue weighted by molar-refractivity contribution is 9.10. The van der Waals surface area contributed by atoms with Crippen LogP contribution in [0.3, 0.4) is 0 Å². The second-order valence-corrected chi connectivity index (χ2v) is 10.9. The van der Waals surface area contributed by atoms with Crippen molar-refractivity contribution in [3.05, 3.63) is 68.7 Å². The highest BCUT2D eigenvalue weighted by atomic mass is 79.9. The van der Waals surface area contributed by atoms with Crippen LogP contribution >= 0.6 is 15.9 Å². The molecule has 0 aliphatic carbocycles. The van der Waals surface area contributed by atoms with Crippen LogP contribution in [-0.4, -0.2) is 24.4 Å². The topological polar surface area (TPSA) is 50.4 Å². The number of rotatable bonds is 4. The fourth-order valence-electron chi connectivity index (χ4n) is 4.25. The number of benzene rings is 2. The Balaban J connectivity index is 1.85. The van der Waals surface area contributed by atoms with Crippen molar-refractivity contribution in [3.8, 4) is 0 Å². The smallest absolute Gasteiger partial charge is 0.416 e. The van der Waals surface area contributed by atoms with Crippen molar-refractivity contribution in [1.82, 2.24) is 10.6 Å². The van der Waals surface area contributed by atoms with Crippen LogP contribution in [0.4, 0.5) is 31.1 Å². The number of hydrogen-bond acceptors (Lipinski definition) is 3. The summed E-state index contributed by atoms with van der Waals surface area (Å²) in [4.78, 5) is 11.9. The normalized spacial score (nSPS) is 20.9. The predicted octanol–water partition coefficient (Wildman–Crippen LogP) is 7.34. The summed E-state index contributed by atoms with van der Waals surface area (Å²) < 4.78 is 89.0. The van der Waals surface area contributed by atoms with Crippen molar-refractivity contribution < 1.29 is 35.9 Å². The summed E-state index contributed by atoms with van der Waals surface area (Å²) in [6, 6.07) is 6.83. The molecule has 36 heavy (non-hydrogen) atoms. The summed E-state index contributed by atoms with van der Waals surface area (Å²) in [7, 11) is 0. The molecule has 11 heteroatoms. The van der Waals surface area contributed by atoms with Crippen LogP contribution in [-0.2, 0) is 22.9 Å². The largest absolute Gasteiger partial charge is 0.444 e. The van der Waals surface area contributed by atoms with Crippen LogP contribution < -0.4 is 10.6 Å². The number of alkyl halides is 6. The van der Waals surface area contributed by atoms with Crippen LogP contribution in [0.2, 0.25) is 0 Å². The second kappa shape index (κ2) is 9.89. The first-order valence-corrected chi connectivity index (χ1v) is 12.0. The van der Waals surface area contributed by atoms with Gasteiger partial charge in [0.15, 0.2) is 0 Å². The van der Waals surface area contributed by atoms with Gasteiger partial charge in [-0.2, -0.15) is 26.3 Å². The van der Waals surface area contributed by atoms with Gasteiger partial charge in [0.1, 0.15) is 11.0 Å². The molecule has 2 atom stereocenters. The Labute approximate surface area is 213 Å². The fraction of sp³-hybridized carbons (Fsp3) is 0.480. The molecule has 0 saturated carbocycles. The van der Waals surface area contributed by atoms with E-state index < -0.39 is 59.6 Å². The highest BCUT2D eigenvalue weighted by Crippen LogP contribution is 2.51. The van der Waals surface area contributed by atoms with E-state index in [4.69, 9.17) is 4.74 Å². The lowest BCUT2D eigenvalue weighted by atomic mass is 9.76. The van der Waals surface area contributed by atoms with Gasteiger partial charge in [-0.25, -0.2) is 4.79 Å². The van der Waals surface area contributed by atoms with Gasteiger partial charge in [0, 0.05) is 23.6 Å². The van der Waals surface area contributed by atoms with Crippen molar-refractivity contribution in [1.29, 1.82) is 0 Å². The molecule has 2 aromatic rings. The van der Waals surface area contributed by atoms with E-state index >= 15 is 0 Å². The Hall–Kier alpha value is -2.27. The molecule has 1 aliphatic heterocycles. The molecule has 198 valence electrons. The predicted molar refractivity (Wildman–Crippen MR) is 126 cm³/mol. The minimum atomic E-state index is -4.78. The van der Waals surface area contributed by atoms with E-state index in [1.165, 1.54) is 13.0 Å². The van der Waals surface area contributed by atoms with Crippen molar-refractivity contribution >= 4 is 22.0 Å². The fourth-order valence-corrected chi connectivity index (χ4v) is 4.79. The number of carbonyl (C=O) groups is 1. The summed E-state index contributed by atoms with van der Waals surface area (Å²) in [5.74, 6) is 0. The molecule has 0 spiro atoms. The maximum absolute atomic E-state index is 14.4. The van der Waals surface area contributed by atoms with E-state index in [0.717, 1.165) is 6.07 Å². The van der Waals surface area contributed by atoms with E-state index in [9.17, 15) is 31.1 Å². The first-order valence-electron chi connectivity index (χ1n) is 11.2. The minimum absolute atomic E-state index is 0.108. The summed E-state index contributed by atoms with van der Waals surface area (Å²) in [5.41, 5.74) is -3.33. The van der Waals surface area contributed by atoms with E-state index in [0.29, 0.717) is 21.7 Å². The average Bonchev–Trinajstić information content (AvgIpc) is 3.17. The molecule has 1 amide bonds. The van der Waals surface area contributed by atoms with Crippen molar-refractivity contribution in [2.24, 2.45) is 0 Å². The standard InChI is InChI=1S/C25H27BrF6N2O2/c1-14-7-17(10-18(8-14)24(27,28)29)23(25(30,31)32)11-20(34-13-23)15-5-6-16(19(26)9-15)12-33-21(35)36-22(2,3)4/h5-10,20,34H,11-13H2,1-4H3,(H,33,35). The second-order valence-electron chi connectivity index (χ2n) is 10.0. The van der Waals surface area contributed by atoms with Crippen LogP contribution in [0.1, 0.15) is 61.1 Å². The molecule has 1 heterocycles. The number of aryl methyl sites for hydroxylation is 1. The van der Waals surface area contributed by atoms with E-state index in [1.807, 2.05) is 0 Å². The summed E-state index contributed by atoms with van der Waals surface area (Å²) in [6.07, 6.45) is -10.6. The molecular weight excluding hydrogens is 554 g/mol. The molecule has 4 nitrogen and oxygen atoms in total. The molecule has 1 fully saturated rings. The van der Waals surface area contributed by atoms with Crippen LogP contribution in [0.5, 0.6) is 0 Å². The molecule has 0 aromatic heterocycles. The maximum atomic E-state index is 14.4. The van der Waals surface area contributed by atoms with Crippen LogP contribution in [0.25, 0.3) is 0 Å². The zero-order valence-electron chi connectivity index (χ0n) is 20.1. The highest BCUT2D eigenvalue weighted by Gasteiger charge is 2.59. The number of carbonyl (C=O) groups excluding carboxylic acids is 1. The summed E-state index contributed by atoms with van der Waals surface area (Å²) in [6.45, 7) is 6.11. The molecule has 1 saturated heterocycles. The van der Waals surface area contributed by atoms with Gasteiger partial charge in [-0.3, -0.25) is 0 Å². The van der Waals surface area contributed by atoms with E-state index in [1.54, 1.807) is 39.0 Å². The monoisotopic (exact) mass is 580 g/mol. The van der Waals surface area contributed by atoms with E-state index in [-0.39, 0.29) is 12.1 Å². The summed E-state index contributed by atoms with van der Waals surface area (Å²) >= 11 is 3.39. The van der Waals surface area contributed by atoms with Crippen molar-refractivity contribution in [3.63, 3.8) is 0 Å². The number of halogens is 7. The van der Waals surface area contributed by atoms with Gasteiger partial charge in [-0.1, -0.05) is 39.7 Å². The van der Waals surface area contributed by atoms with Gasteiger partial charge in [0.05, 0.1) is 5.56 Å². The van der Waals surface area contributed by atoms with Crippen LogP contribution in [0.15, 0.2) is 40.9 Å². The zero-order chi connectivity index (χ0) is 27.1. The lowest BCUT2D eigenvalue weighted by molar-refractivity contribution is -0.186. The first-order chi connectivity index (χ1) is 16.4. The third-order valence-electron chi connectivity index (χ3n) is 6.00. The molecular formula is C25H27BrF6N2O2. The Morgan fingerprint density at radius 1 is 1.11 bits per heavy atom. The van der Waals surface area contributed by atoms with Crippen molar-refractivity contribution in [2.45, 2.75) is 70.1 Å². The van der Waals surface area contributed by atoms with Crippen LogP contribution in [0, 0.1) is 6.92 Å². The molecule has 0 radical (unpaired) electrons. The third kappa shape index (κ3) is 6.34. The molecule has 3 rings (SSSR count). The van der Waals surface area contributed by atoms with Crippen molar-refractivity contribution in [2.75, 3.05) is 6.54 Å². The summed E-state index contributed by atoms with van der Waals surface area (Å²) in [5, 5.41) is 5.47.